The monoisotopic (exact) mass is 255 g/mol. The second kappa shape index (κ2) is 10.8. The highest BCUT2D eigenvalue weighted by molar-refractivity contribution is 4.68. The fourth-order valence-electron chi connectivity index (χ4n) is 2.86. The average Bonchev–Trinajstić information content (AvgIpc) is 2.88. The highest BCUT2D eigenvalue weighted by Crippen LogP contribution is 2.19. The van der Waals surface area contributed by atoms with Crippen LogP contribution in [0.1, 0.15) is 78.1 Å². The van der Waals surface area contributed by atoms with Gasteiger partial charge in [0.2, 0.25) is 0 Å². The predicted molar refractivity (Wildman–Crippen MR) is 79.0 cm³/mol. The molecule has 1 fully saturated rings. The maximum Gasteiger partial charge on any atom is 0.0576 e. The van der Waals surface area contributed by atoms with Gasteiger partial charge in [-0.1, -0.05) is 39.5 Å². The van der Waals surface area contributed by atoms with Crippen LogP contribution in [0.2, 0.25) is 0 Å². The van der Waals surface area contributed by atoms with Crippen molar-refractivity contribution in [3.05, 3.63) is 0 Å². The van der Waals surface area contributed by atoms with Crippen LogP contribution >= 0.6 is 0 Å². The first-order valence-electron chi connectivity index (χ1n) is 8.21. The Labute approximate surface area is 114 Å². The van der Waals surface area contributed by atoms with Crippen molar-refractivity contribution in [2.45, 2.75) is 90.2 Å². The molecule has 0 amide bonds. The van der Waals surface area contributed by atoms with E-state index in [0.29, 0.717) is 6.10 Å². The minimum absolute atomic E-state index is 0.592. The van der Waals surface area contributed by atoms with Crippen molar-refractivity contribution < 1.29 is 4.74 Å². The van der Waals surface area contributed by atoms with Gasteiger partial charge in [0.25, 0.3) is 0 Å². The minimum atomic E-state index is 0.592. The summed E-state index contributed by atoms with van der Waals surface area (Å²) < 4.78 is 5.66. The van der Waals surface area contributed by atoms with Crippen molar-refractivity contribution in [1.29, 1.82) is 0 Å². The zero-order valence-corrected chi connectivity index (χ0v) is 12.5. The van der Waals surface area contributed by atoms with Gasteiger partial charge in [0.1, 0.15) is 0 Å². The number of hydrogen-bond acceptors (Lipinski definition) is 2. The first kappa shape index (κ1) is 16.0. The number of hydrogen-bond donors (Lipinski definition) is 1. The first-order valence-corrected chi connectivity index (χ1v) is 8.21. The zero-order valence-electron chi connectivity index (χ0n) is 12.5. The Balaban J connectivity index is 1.95. The topological polar surface area (TPSA) is 21.3 Å². The number of nitrogens with one attached hydrogen (secondary N) is 1. The molecule has 2 heteroatoms. The highest BCUT2D eigenvalue weighted by atomic mass is 16.5. The molecule has 108 valence electrons. The van der Waals surface area contributed by atoms with Crippen LogP contribution < -0.4 is 5.32 Å². The maximum atomic E-state index is 5.66. The lowest BCUT2D eigenvalue weighted by Crippen LogP contribution is -2.29. The number of ether oxygens (including phenoxy) is 1. The smallest absolute Gasteiger partial charge is 0.0576 e. The van der Waals surface area contributed by atoms with E-state index in [2.05, 4.69) is 19.2 Å². The van der Waals surface area contributed by atoms with Crippen LogP contribution in [0, 0.1) is 0 Å². The van der Waals surface area contributed by atoms with Crippen molar-refractivity contribution in [2.24, 2.45) is 0 Å². The van der Waals surface area contributed by atoms with Gasteiger partial charge in [-0.05, 0) is 45.1 Å². The third-order valence-electron chi connectivity index (χ3n) is 3.92. The van der Waals surface area contributed by atoms with E-state index >= 15 is 0 Å². The van der Waals surface area contributed by atoms with Crippen LogP contribution in [0.15, 0.2) is 0 Å². The van der Waals surface area contributed by atoms with Gasteiger partial charge in [0.15, 0.2) is 0 Å². The van der Waals surface area contributed by atoms with Gasteiger partial charge < -0.3 is 10.1 Å². The molecule has 1 saturated heterocycles. The molecule has 0 aromatic rings. The number of unbranched alkanes of at least 4 members (excludes halogenated alkanes) is 2. The molecule has 1 aliphatic heterocycles. The van der Waals surface area contributed by atoms with Crippen molar-refractivity contribution in [3.8, 4) is 0 Å². The SMILES string of the molecule is CCCNC(CCC)CCCCCC1CCCO1. The van der Waals surface area contributed by atoms with Crippen molar-refractivity contribution >= 4 is 0 Å². The summed E-state index contributed by atoms with van der Waals surface area (Å²) in [4.78, 5) is 0. The molecule has 0 spiro atoms. The molecule has 0 radical (unpaired) electrons. The number of rotatable bonds is 11. The van der Waals surface area contributed by atoms with Crippen LogP contribution in [0.25, 0.3) is 0 Å². The molecule has 1 rings (SSSR count). The Hall–Kier alpha value is -0.0800. The van der Waals surface area contributed by atoms with Crippen LogP contribution in [0.3, 0.4) is 0 Å². The lowest BCUT2D eigenvalue weighted by molar-refractivity contribution is 0.102. The second-order valence-corrected chi connectivity index (χ2v) is 5.71. The van der Waals surface area contributed by atoms with E-state index in [1.54, 1.807) is 0 Å². The van der Waals surface area contributed by atoms with Gasteiger partial charge in [-0.2, -0.15) is 0 Å². The summed E-state index contributed by atoms with van der Waals surface area (Å²) in [6.07, 6.45) is 13.8. The van der Waals surface area contributed by atoms with E-state index in [1.807, 2.05) is 0 Å². The molecule has 0 aromatic carbocycles. The fraction of sp³-hybridized carbons (Fsp3) is 1.00. The van der Waals surface area contributed by atoms with Crippen molar-refractivity contribution in [1.82, 2.24) is 5.32 Å². The van der Waals surface area contributed by atoms with Crippen molar-refractivity contribution in [3.63, 3.8) is 0 Å². The molecule has 1 aliphatic rings. The van der Waals surface area contributed by atoms with E-state index in [1.165, 1.54) is 70.8 Å². The average molecular weight is 255 g/mol. The third-order valence-corrected chi connectivity index (χ3v) is 3.92. The standard InChI is InChI=1S/C16H33NO/c1-3-9-15(17-13-4-2)10-6-5-7-11-16-12-8-14-18-16/h15-17H,3-14H2,1-2H3. The van der Waals surface area contributed by atoms with Gasteiger partial charge in [0.05, 0.1) is 6.10 Å². The van der Waals surface area contributed by atoms with E-state index in [9.17, 15) is 0 Å². The van der Waals surface area contributed by atoms with Gasteiger partial charge in [-0.3, -0.25) is 0 Å². The van der Waals surface area contributed by atoms with Gasteiger partial charge in [0, 0.05) is 12.6 Å². The molecular weight excluding hydrogens is 222 g/mol. The van der Waals surface area contributed by atoms with E-state index < -0.39 is 0 Å². The van der Waals surface area contributed by atoms with Crippen LogP contribution in [0.4, 0.5) is 0 Å². The predicted octanol–water partition coefficient (Wildman–Crippen LogP) is 4.28. The summed E-state index contributed by atoms with van der Waals surface area (Å²) >= 11 is 0. The summed E-state index contributed by atoms with van der Waals surface area (Å²) in [7, 11) is 0. The molecule has 2 nitrogen and oxygen atoms in total. The Bertz CT molecular complexity index is 178. The summed E-state index contributed by atoms with van der Waals surface area (Å²) in [6.45, 7) is 6.72. The van der Waals surface area contributed by atoms with Crippen LogP contribution in [-0.4, -0.2) is 25.3 Å². The second-order valence-electron chi connectivity index (χ2n) is 5.71. The summed E-state index contributed by atoms with van der Waals surface area (Å²) in [6, 6.07) is 0.762. The molecule has 0 saturated carbocycles. The van der Waals surface area contributed by atoms with E-state index in [-0.39, 0.29) is 0 Å². The summed E-state index contributed by atoms with van der Waals surface area (Å²) in [5.41, 5.74) is 0. The molecule has 18 heavy (non-hydrogen) atoms. The highest BCUT2D eigenvalue weighted by Gasteiger charge is 2.14. The molecule has 2 atom stereocenters. The largest absolute Gasteiger partial charge is 0.378 e. The fourth-order valence-corrected chi connectivity index (χ4v) is 2.86. The van der Waals surface area contributed by atoms with Crippen LogP contribution in [-0.2, 0) is 4.74 Å². The molecule has 0 bridgehead atoms. The lowest BCUT2D eigenvalue weighted by atomic mass is 10.0. The van der Waals surface area contributed by atoms with Gasteiger partial charge >= 0.3 is 0 Å². The molecule has 0 aromatic heterocycles. The molecule has 1 heterocycles. The third kappa shape index (κ3) is 7.38. The van der Waals surface area contributed by atoms with E-state index in [4.69, 9.17) is 4.74 Å². The van der Waals surface area contributed by atoms with Gasteiger partial charge in [-0.25, -0.2) is 0 Å². The minimum Gasteiger partial charge on any atom is -0.378 e. The molecule has 1 N–H and O–H groups in total. The quantitative estimate of drug-likeness (QED) is 0.556. The maximum absolute atomic E-state index is 5.66. The van der Waals surface area contributed by atoms with Crippen molar-refractivity contribution in [2.75, 3.05) is 13.2 Å². The van der Waals surface area contributed by atoms with Gasteiger partial charge in [-0.15, -0.1) is 0 Å². The molecule has 2 unspecified atom stereocenters. The Morgan fingerprint density at radius 3 is 2.67 bits per heavy atom. The summed E-state index contributed by atoms with van der Waals surface area (Å²) in [5, 5.41) is 3.68. The Morgan fingerprint density at radius 1 is 1.11 bits per heavy atom. The normalized spacial score (nSPS) is 21.3. The van der Waals surface area contributed by atoms with E-state index in [0.717, 1.165) is 12.6 Å². The Morgan fingerprint density at radius 2 is 2.00 bits per heavy atom. The molecular formula is C16H33NO. The zero-order chi connectivity index (χ0) is 13.1. The first-order chi connectivity index (χ1) is 8.86. The Kier molecular flexibility index (Phi) is 9.59. The molecule has 0 aliphatic carbocycles. The summed E-state index contributed by atoms with van der Waals surface area (Å²) in [5.74, 6) is 0. The lowest BCUT2D eigenvalue weighted by Gasteiger charge is -2.17. The van der Waals surface area contributed by atoms with Crippen LogP contribution in [0.5, 0.6) is 0 Å².